The van der Waals surface area contributed by atoms with Gasteiger partial charge in [-0.15, -0.1) is 0 Å². The Hall–Kier alpha value is -0.0336. The van der Waals surface area contributed by atoms with E-state index in [2.05, 4.69) is 0 Å². The number of hydrogen-bond donors (Lipinski definition) is 2. The minimum absolute atomic E-state index is 0. The number of aliphatic carboxylic acids is 1. The summed E-state index contributed by atoms with van der Waals surface area (Å²) >= 11 is 0. The van der Waals surface area contributed by atoms with Crippen LogP contribution < -0.4 is 51.4 Å². The molecule has 21 heavy (non-hydrogen) atoms. The molecule has 0 aliphatic heterocycles. The molecule has 0 heterocycles. The Morgan fingerprint density at radius 1 is 1.19 bits per heavy atom. The number of carboxylic acid groups (broad SMARTS) is 1. The monoisotopic (exact) mass is 346 g/mol. The zero-order valence-electron chi connectivity index (χ0n) is 13.3. The van der Waals surface area contributed by atoms with Crippen LogP contribution in [0.25, 0.3) is 0 Å². The van der Waals surface area contributed by atoms with Gasteiger partial charge < -0.3 is 11.3 Å². The summed E-state index contributed by atoms with van der Waals surface area (Å²) in [5.41, 5.74) is 0.370. The molecule has 0 unspecified atom stereocenters. The third-order valence-corrected chi connectivity index (χ3v) is 3.12. The molecule has 0 spiro atoms. The van der Waals surface area contributed by atoms with Crippen molar-refractivity contribution in [2.24, 2.45) is 0 Å². The molecule has 0 saturated carbocycles. The Bertz CT molecular complexity index is 526. The third kappa shape index (κ3) is 13.4. The van der Waals surface area contributed by atoms with Gasteiger partial charge in [0.1, 0.15) is 6.61 Å². The molecule has 0 radical (unpaired) electrons. The average Bonchev–Trinajstić information content (AvgIpc) is 2.32. The van der Waals surface area contributed by atoms with Gasteiger partial charge in [-0.05, 0) is 32.8 Å². The van der Waals surface area contributed by atoms with Crippen molar-refractivity contribution in [3.8, 4) is 0 Å². The van der Waals surface area contributed by atoms with Crippen molar-refractivity contribution >= 4 is 22.1 Å². The maximum Gasteiger partial charge on any atom is 1.00 e. The van der Waals surface area contributed by atoms with Gasteiger partial charge >= 0.3 is 63.3 Å². The van der Waals surface area contributed by atoms with Crippen molar-refractivity contribution in [1.29, 1.82) is 0 Å². The first-order valence-corrected chi connectivity index (χ1v) is 7.43. The second kappa shape index (κ2) is 11.5. The van der Waals surface area contributed by atoms with Crippen LogP contribution in [-0.4, -0.2) is 42.4 Å². The van der Waals surface area contributed by atoms with Crippen LogP contribution in [0.4, 0.5) is 0 Å². The van der Waals surface area contributed by atoms with E-state index in [1.807, 2.05) is 0 Å². The van der Waals surface area contributed by atoms with E-state index in [1.54, 1.807) is 0 Å². The van der Waals surface area contributed by atoms with E-state index >= 15 is 0 Å². The molecule has 0 atom stereocenters. The normalized spacial score (nSPS) is 12.5. The van der Waals surface area contributed by atoms with Gasteiger partial charge in [-0.3, -0.25) is 4.55 Å². The Morgan fingerprint density at radius 2 is 1.76 bits per heavy atom. The second-order valence-electron chi connectivity index (χ2n) is 4.11. The molecule has 0 aliphatic rings. The Balaban J connectivity index is -0.00000180. The molecule has 0 aromatic rings. The number of allylic oxidation sites excluding steroid dienone is 1. The van der Waals surface area contributed by atoms with Crippen molar-refractivity contribution < 1.29 is 85.2 Å². The van der Waals surface area contributed by atoms with E-state index in [4.69, 9.17) is 14.4 Å². The predicted octanol–water partition coefficient (Wildman–Crippen LogP) is -1.71. The second-order valence-corrected chi connectivity index (χ2v) is 5.68. The molecule has 0 amide bonds. The molecule has 0 saturated heterocycles. The minimum atomic E-state index is -3.98. The Labute approximate surface area is 168 Å². The van der Waals surface area contributed by atoms with E-state index < -0.39 is 22.1 Å². The fourth-order valence-electron chi connectivity index (χ4n) is 1.11. The van der Waals surface area contributed by atoms with Crippen LogP contribution in [0.1, 0.15) is 28.1 Å². The molecule has 7 nitrogen and oxygen atoms in total. The van der Waals surface area contributed by atoms with E-state index in [0.717, 1.165) is 0 Å². The van der Waals surface area contributed by atoms with Gasteiger partial charge in [-0.1, -0.05) is 6.08 Å². The summed E-state index contributed by atoms with van der Waals surface area (Å²) in [5, 5.41) is 8.58. The van der Waals surface area contributed by atoms with E-state index in [9.17, 15) is 18.0 Å². The molecular formula is C12H19KO7S. The predicted molar refractivity (Wildman–Crippen MR) is 72.9 cm³/mol. The molecule has 116 valence electrons. The molecule has 0 aromatic heterocycles. The Kier molecular flexibility index (Phi) is 12.7. The van der Waals surface area contributed by atoms with E-state index in [0.29, 0.717) is 12.0 Å². The summed E-state index contributed by atoms with van der Waals surface area (Å²) in [6.45, 7) is 2.74. The van der Waals surface area contributed by atoms with Crippen LogP contribution >= 0.6 is 0 Å². The zero-order chi connectivity index (χ0) is 15.8. The SMILES string of the molecule is CC(=CCOC(=O)C(C)=CCCCS(=O)(=O)O)C(=O)O.[H-].[K+]. The van der Waals surface area contributed by atoms with Crippen molar-refractivity contribution in [3.63, 3.8) is 0 Å². The summed E-state index contributed by atoms with van der Waals surface area (Å²) in [6.07, 6.45) is 3.28. The van der Waals surface area contributed by atoms with Crippen LogP contribution in [0, 0.1) is 0 Å². The topological polar surface area (TPSA) is 118 Å². The minimum Gasteiger partial charge on any atom is -1.00 e. The number of esters is 1. The van der Waals surface area contributed by atoms with Crippen molar-refractivity contribution in [1.82, 2.24) is 0 Å². The summed E-state index contributed by atoms with van der Waals surface area (Å²) in [6, 6.07) is 0. The number of unbranched alkanes of at least 4 members (excludes halogenated alkanes) is 1. The molecule has 0 aromatic carbocycles. The van der Waals surface area contributed by atoms with Crippen LogP contribution in [0.5, 0.6) is 0 Å². The maximum atomic E-state index is 11.5. The van der Waals surface area contributed by atoms with Crippen LogP contribution in [0.15, 0.2) is 23.3 Å². The summed E-state index contributed by atoms with van der Waals surface area (Å²) < 4.78 is 34.2. The molecular weight excluding hydrogens is 327 g/mol. The molecule has 9 heteroatoms. The molecule has 0 bridgehead atoms. The number of carbonyl (C=O) groups is 2. The summed E-state index contributed by atoms with van der Waals surface area (Å²) in [7, 11) is -3.98. The molecule has 2 N–H and O–H groups in total. The number of rotatable bonds is 8. The van der Waals surface area contributed by atoms with Gasteiger partial charge in [0.25, 0.3) is 10.1 Å². The van der Waals surface area contributed by atoms with Gasteiger partial charge in [0, 0.05) is 11.1 Å². The number of carbonyl (C=O) groups excluding carboxylic acids is 1. The van der Waals surface area contributed by atoms with Crippen LogP contribution in [0.3, 0.4) is 0 Å². The van der Waals surface area contributed by atoms with Gasteiger partial charge in [0.2, 0.25) is 0 Å². The van der Waals surface area contributed by atoms with E-state index in [-0.39, 0.29) is 77.2 Å². The number of hydrogen-bond acceptors (Lipinski definition) is 5. The first kappa shape index (κ1) is 23.2. The van der Waals surface area contributed by atoms with E-state index in [1.165, 1.54) is 26.0 Å². The number of ether oxygens (including phenoxy) is 1. The van der Waals surface area contributed by atoms with Gasteiger partial charge in [-0.25, -0.2) is 9.59 Å². The molecule has 0 aliphatic carbocycles. The molecule has 0 rings (SSSR count). The first-order chi connectivity index (χ1) is 9.13. The maximum absolute atomic E-state index is 11.5. The first-order valence-electron chi connectivity index (χ1n) is 5.82. The smallest absolute Gasteiger partial charge is 1.00 e. The summed E-state index contributed by atoms with van der Waals surface area (Å²) in [5.74, 6) is -2.06. The fourth-order valence-corrected chi connectivity index (χ4v) is 1.64. The fraction of sp³-hybridized carbons (Fsp3) is 0.500. The standard InChI is InChI=1S/C12H18O7S.K.H/c1-9(11(13)14)6-7-19-12(15)10(2)5-3-4-8-20(16,17)18;;/h5-6H,3-4,7-8H2,1-2H3,(H,13,14)(H,16,17,18);;/q;+1;-1. The van der Waals surface area contributed by atoms with Crippen LogP contribution in [0.2, 0.25) is 0 Å². The largest absolute Gasteiger partial charge is 1.00 e. The number of carboxylic acids is 1. The average molecular weight is 346 g/mol. The van der Waals surface area contributed by atoms with Crippen molar-refractivity contribution in [3.05, 3.63) is 23.3 Å². The van der Waals surface area contributed by atoms with Crippen molar-refractivity contribution in [2.75, 3.05) is 12.4 Å². The van der Waals surface area contributed by atoms with Gasteiger partial charge in [0.05, 0.1) is 5.75 Å². The van der Waals surface area contributed by atoms with Crippen molar-refractivity contribution in [2.45, 2.75) is 26.7 Å². The Morgan fingerprint density at radius 3 is 2.24 bits per heavy atom. The van der Waals surface area contributed by atoms with Crippen LogP contribution in [-0.2, 0) is 24.4 Å². The van der Waals surface area contributed by atoms with Gasteiger partial charge in [-0.2, -0.15) is 8.42 Å². The third-order valence-electron chi connectivity index (χ3n) is 2.32. The molecule has 0 fully saturated rings. The summed E-state index contributed by atoms with van der Waals surface area (Å²) in [4.78, 5) is 21.9. The van der Waals surface area contributed by atoms with Gasteiger partial charge in [0.15, 0.2) is 0 Å². The quantitative estimate of drug-likeness (QED) is 0.177. The zero-order valence-corrected chi connectivity index (χ0v) is 16.3.